The minimum Gasteiger partial charge on any atom is -0.459 e. The van der Waals surface area contributed by atoms with Crippen LogP contribution in [0.5, 0.6) is 0 Å². The zero-order valence-electron chi connectivity index (χ0n) is 41.0. The van der Waals surface area contributed by atoms with Crippen molar-refractivity contribution >= 4 is 27.4 Å². The van der Waals surface area contributed by atoms with Crippen molar-refractivity contribution in [2.75, 3.05) is 39.7 Å². The first-order valence-electron chi connectivity index (χ1n) is 23.4. The monoisotopic (exact) mass is 964 g/mol. The molecule has 2 bridgehead atoms. The highest BCUT2D eigenvalue weighted by Gasteiger charge is 2.53. The van der Waals surface area contributed by atoms with Crippen molar-refractivity contribution in [3.8, 4) is 0 Å². The van der Waals surface area contributed by atoms with E-state index in [4.69, 9.17) is 23.7 Å². The number of cyclic esters (lactones) is 1. The molecule has 19 heteroatoms. The van der Waals surface area contributed by atoms with E-state index < -0.39 is 118 Å². The van der Waals surface area contributed by atoms with Gasteiger partial charge in [-0.05, 0) is 89.6 Å². The Hall–Kier alpha value is -3.53. The number of aliphatic hydroxyl groups excluding tert-OH is 2. The van der Waals surface area contributed by atoms with E-state index in [9.17, 15) is 37.7 Å². The number of esters is 1. The van der Waals surface area contributed by atoms with Crippen LogP contribution >= 0.6 is 0 Å². The van der Waals surface area contributed by atoms with E-state index in [1.807, 2.05) is 39.6 Å². The predicted octanol–water partition coefficient (Wildman–Crippen LogP) is 4.26. The number of aliphatic imine (C=N–C) groups is 1. The quantitative estimate of drug-likeness (QED) is 0.200. The van der Waals surface area contributed by atoms with Crippen molar-refractivity contribution in [3.05, 3.63) is 53.9 Å². The van der Waals surface area contributed by atoms with E-state index in [1.54, 1.807) is 46.0 Å². The number of amides is 1. The number of aliphatic hydroxyl groups is 3. The van der Waals surface area contributed by atoms with Crippen LogP contribution in [0.2, 0.25) is 0 Å². The fraction of sp³-hybridized carbons (Fsp3) is 0.729. The highest BCUT2D eigenvalue weighted by Crippen LogP contribution is 2.41. The number of likely N-dealkylation sites (N-methyl/N-ethyl adjacent to an activating group) is 1. The van der Waals surface area contributed by atoms with Gasteiger partial charge >= 0.3 is 5.97 Å². The number of hydrogen-bond acceptors (Lipinski definition) is 15. The normalized spacial score (nSPS) is 36.2. The number of benzene rings is 1. The van der Waals surface area contributed by atoms with Crippen molar-refractivity contribution in [1.29, 1.82) is 0 Å². The Morgan fingerprint density at radius 3 is 2.39 bits per heavy atom. The Bertz CT molecular complexity index is 2150. The van der Waals surface area contributed by atoms with Gasteiger partial charge < -0.3 is 43.9 Å². The molecule has 4 heterocycles. The highest BCUT2D eigenvalue weighted by atomic mass is 32.2. The van der Waals surface area contributed by atoms with Gasteiger partial charge in [-0.1, -0.05) is 51.6 Å². The summed E-state index contributed by atoms with van der Waals surface area (Å²) in [5, 5.41) is 45.0. The van der Waals surface area contributed by atoms with Crippen molar-refractivity contribution in [3.63, 3.8) is 0 Å². The zero-order chi connectivity index (χ0) is 49.8. The largest absolute Gasteiger partial charge is 0.459 e. The van der Waals surface area contributed by atoms with Gasteiger partial charge in [-0.25, -0.2) is 22.5 Å². The molecule has 17 nitrogen and oxygen atoms in total. The Labute approximate surface area is 395 Å². The summed E-state index contributed by atoms with van der Waals surface area (Å²) in [7, 11) is -1.50. The molecule has 3 N–H and O–H groups in total. The number of carbonyl (C=O) groups excluding carboxylic acids is 2. The van der Waals surface area contributed by atoms with Gasteiger partial charge in [0.1, 0.15) is 24.5 Å². The number of alkyl halides is 1. The standard InChI is InChI=1S/C48H74FN5O12S/c1-13-39-48(10,59)44-30(5)40(50-33(8)55)28(3)22-47(9,63-26-27(2)25-62-44)43(31(6)41(56)32(7)45(58)65-39)66-46-42(57)38(20-29(4)64-46)53(11)19-18-35-24-54(52-51-35)36(23-49)21-34-14-16-37(17-15-34)67(12,60)61/h14-17,24,28-32,36,38-39,41-44,46,56-57,59H,2,13,18-23,25-26H2,1,3-12H3/b50-40+/t28-,29-,30+,31+,32-,36+,38+,39-,41+,42-,43-,44-,46+,47-,48-/m1/s1. The van der Waals surface area contributed by atoms with Crippen LogP contribution < -0.4 is 0 Å². The molecule has 3 aliphatic rings. The van der Waals surface area contributed by atoms with E-state index in [-0.39, 0.29) is 37.4 Å². The topological polar surface area (TPSA) is 221 Å². The van der Waals surface area contributed by atoms with E-state index in [1.165, 1.54) is 23.7 Å². The second-order valence-corrected chi connectivity index (χ2v) is 21.8. The molecule has 0 saturated carbocycles. The second kappa shape index (κ2) is 22.5. The van der Waals surface area contributed by atoms with Gasteiger partial charge in [0.05, 0.1) is 65.8 Å². The lowest BCUT2D eigenvalue weighted by molar-refractivity contribution is -0.303. The lowest BCUT2D eigenvalue weighted by Gasteiger charge is -2.49. The van der Waals surface area contributed by atoms with Gasteiger partial charge in [-0.15, -0.1) is 5.10 Å². The van der Waals surface area contributed by atoms with Gasteiger partial charge in [-0.3, -0.25) is 9.59 Å². The molecule has 0 spiro atoms. The Balaban J connectivity index is 1.43. The summed E-state index contributed by atoms with van der Waals surface area (Å²) in [6, 6.07) is 5.19. The van der Waals surface area contributed by atoms with Crippen LogP contribution in [0.15, 0.2) is 52.5 Å². The molecule has 3 aliphatic heterocycles. The summed E-state index contributed by atoms with van der Waals surface area (Å²) < 4.78 is 72.1. The molecular formula is C48H74FN5O12S. The molecule has 3 saturated heterocycles. The minimum absolute atomic E-state index is 0.0124. The first-order valence-corrected chi connectivity index (χ1v) is 25.3. The first kappa shape index (κ1) is 54.4. The summed E-state index contributed by atoms with van der Waals surface area (Å²) >= 11 is 0. The molecular weight excluding hydrogens is 890 g/mol. The van der Waals surface area contributed by atoms with Crippen LogP contribution in [0.25, 0.3) is 0 Å². The fourth-order valence-corrected chi connectivity index (χ4v) is 10.7. The van der Waals surface area contributed by atoms with Crippen LogP contribution in [0.3, 0.4) is 0 Å². The zero-order valence-corrected chi connectivity index (χ0v) is 41.8. The second-order valence-electron chi connectivity index (χ2n) is 19.7. The van der Waals surface area contributed by atoms with Gasteiger partial charge in [0.25, 0.3) is 0 Å². The molecule has 1 amide bonds. The molecule has 1 aromatic heterocycles. The van der Waals surface area contributed by atoms with Crippen molar-refractivity contribution < 1.29 is 61.4 Å². The average molecular weight is 964 g/mol. The van der Waals surface area contributed by atoms with Gasteiger partial charge in [-0.2, -0.15) is 0 Å². The van der Waals surface area contributed by atoms with Crippen LogP contribution in [0, 0.1) is 23.7 Å². The first-order chi connectivity index (χ1) is 31.3. The summed E-state index contributed by atoms with van der Waals surface area (Å²) in [5.41, 5.74) is -0.753. The van der Waals surface area contributed by atoms with Crippen LogP contribution in [0.1, 0.15) is 98.9 Å². The molecule has 1 aromatic carbocycles. The summed E-state index contributed by atoms with van der Waals surface area (Å²) in [6.07, 6.45) is -2.99. The molecule has 5 rings (SSSR count). The summed E-state index contributed by atoms with van der Waals surface area (Å²) in [4.78, 5) is 33.4. The van der Waals surface area contributed by atoms with Gasteiger partial charge in [0, 0.05) is 55.9 Å². The molecule has 0 aliphatic carbocycles. The molecule has 376 valence electrons. The SMILES string of the molecule is C=C1CO[C@@H]2[C@@H](C)/C(=N/C(C)=O)[C@H](C)C[C@@](C)(OC1)[C@H](O[C@@H]1O[C@H](C)C[C@H](N(C)CCc3cn([C@H](CF)Cc4ccc(S(C)(=O)=O)cc4)nn3)[C@H]1O)[C@@H](C)[C@H](O)[C@@H](C)C(=O)O[C@H](CC)[C@@]2(C)O. The van der Waals surface area contributed by atoms with Crippen molar-refractivity contribution in [1.82, 2.24) is 19.9 Å². The number of sulfone groups is 1. The maximum Gasteiger partial charge on any atom is 0.311 e. The van der Waals surface area contributed by atoms with E-state index in [0.29, 0.717) is 36.4 Å². The third kappa shape index (κ3) is 13.0. The number of halogens is 1. The van der Waals surface area contributed by atoms with E-state index in [2.05, 4.69) is 21.9 Å². The molecule has 15 atom stereocenters. The maximum atomic E-state index is 14.3. The number of nitrogens with zero attached hydrogens (tertiary/aromatic N) is 5. The number of ether oxygens (including phenoxy) is 5. The summed E-state index contributed by atoms with van der Waals surface area (Å²) in [6.45, 7) is 19.3. The highest BCUT2D eigenvalue weighted by molar-refractivity contribution is 7.90. The average Bonchev–Trinajstić information content (AvgIpc) is 3.74. The predicted molar refractivity (Wildman–Crippen MR) is 248 cm³/mol. The fourth-order valence-electron chi connectivity index (χ4n) is 10.1. The number of rotatable bonds is 12. The van der Waals surface area contributed by atoms with E-state index in [0.717, 1.165) is 11.8 Å². The minimum atomic E-state index is -3.37. The lowest BCUT2D eigenvalue weighted by Crippen LogP contribution is -2.61. The Morgan fingerprint density at radius 1 is 1.10 bits per heavy atom. The van der Waals surface area contributed by atoms with Crippen molar-refractivity contribution in [2.45, 2.75) is 166 Å². The number of carbonyl (C=O) groups is 2. The van der Waals surface area contributed by atoms with Crippen LogP contribution in [-0.2, 0) is 56.0 Å². The van der Waals surface area contributed by atoms with Crippen molar-refractivity contribution in [2.24, 2.45) is 28.7 Å². The van der Waals surface area contributed by atoms with E-state index >= 15 is 0 Å². The number of hydrogen-bond donors (Lipinski definition) is 3. The van der Waals surface area contributed by atoms with Crippen LogP contribution in [0.4, 0.5) is 4.39 Å². The lowest BCUT2D eigenvalue weighted by atomic mass is 9.73. The molecule has 2 aromatic rings. The molecule has 67 heavy (non-hydrogen) atoms. The molecule has 0 radical (unpaired) electrons. The molecule has 0 unspecified atom stereocenters. The van der Waals surface area contributed by atoms with Gasteiger partial charge in [0.2, 0.25) is 5.91 Å². The number of fused-ring (bicyclic) bond motifs is 5. The Kier molecular flexibility index (Phi) is 18.3. The molecule has 3 fully saturated rings. The summed E-state index contributed by atoms with van der Waals surface area (Å²) in [5.74, 6) is -4.30. The third-order valence-corrected chi connectivity index (χ3v) is 15.1. The van der Waals surface area contributed by atoms with Crippen LogP contribution in [-0.4, -0.2) is 161 Å². The third-order valence-electron chi connectivity index (χ3n) is 14.0. The Morgan fingerprint density at radius 2 is 1.78 bits per heavy atom. The number of aromatic nitrogens is 3. The maximum absolute atomic E-state index is 14.3. The van der Waals surface area contributed by atoms with Gasteiger partial charge in [0.15, 0.2) is 16.1 Å². The smallest absolute Gasteiger partial charge is 0.311 e.